The fourth-order valence-corrected chi connectivity index (χ4v) is 1.39. The quantitative estimate of drug-likeness (QED) is 0.616. The van der Waals surface area contributed by atoms with E-state index >= 15 is 0 Å². The standard InChI is InChI=1S/C8H9ClN2O3/c1-14-8-5(4-10)2-6(9)3-7(8)11(12)13/h2-3H,4,10H2,1H3. The van der Waals surface area contributed by atoms with Gasteiger partial charge in [-0.05, 0) is 6.07 Å². The van der Waals surface area contributed by atoms with E-state index in [9.17, 15) is 10.1 Å². The van der Waals surface area contributed by atoms with E-state index in [-0.39, 0.29) is 23.0 Å². The zero-order valence-corrected chi connectivity index (χ0v) is 8.25. The third-order valence-electron chi connectivity index (χ3n) is 1.73. The summed E-state index contributed by atoms with van der Waals surface area (Å²) in [5.74, 6) is 0.168. The molecule has 0 radical (unpaired) electrons. The van der Waals surface area contributed by atoms with E-state index in [2.05, 4.69) is 0 Å². The largest absolute Gasteiger partial charge is 0.490 e. The topological polar surface area (TPSA) is 78.4 Å². The lowest BCUT2D eigenvalue weighted by molar-refractivity contribution is -0.385. The minimum absolute atomic E-state index is 0.143. The third kappa shape index (κ3) is 1.94. The number of nitrogens with zero attached hydrogens (tertiary/aromatic N) is 1. The van der Waals surface area contributed by atoms with Gasteiger partial charge in [0.25, 0.3) is 0 Å². The second kappa shape index (κ2) is 4.26. The van der Waals surface area contributed by atoms with E-state index < -0.39 is 4.92 Å². The van der Waals surface area contributed by atoms with Crippen molar-refractivity contribution >= 4 is 17.3 Å². The SMILES string of the molecule is COc1c(CN)cc(Cl)cc1[N+](=O)[O-]. The van der Waals surface area contributed by atoms with Gasteiger partial charge in [-0.3, -0.25) is 10.1 Å². The molecule has 6 heteroatoms. The summed E-state index contributed by atoms with van der Waals surface area (Å²) in [6.07, 6.45) is 0. The van der Waals surface area contributed by atoms with Crippen molar-refractivity contribution in [2.24, 2.45) is 5.73 Å². The molecule has 0 aliphatic carbocycles. The number of ether oxygens (including phenoxy) is 1. The van der Waals surface area contributed by atoms with Crippen LogP contribution in [0.3, 0.4) is 0 Å². The Morgan fingerprint density at radius 1 is 1.64 bits per heavy atom. The Morgan fingerprint density at radius 3 is 2.71 bits per heavy atom. The lowest BCUT2D eigenvalue weighted by Crippen LogP contribution is -2.02. The molecule has 0 saturated heterocycles. The smallest absolute Gasteiger partial charge is 0.312 e. The molecule has 14 heavy (non-hydrogen) atoms. The Morgan fingerprint density at radius 2 is 2.29 bits per heavy atom. The first-order chi connectivity index (χ1) is 6.60. The van der Waals surface area contributed by atoms with Crippen LogP contribution in [0.4, 0.5) is 5.69 Å². The van der Waals surface area contributed by atoms with E-state index in [1.54, 1.807) is 6.07 Å². The predicted molar refractivity (Wildman–Crippen MR) is 52.5 cm³/mol. The Labute approximate surface area is 85.6 Å². The van der Waals surface area contributed by atoms with Crippen LogP contribution in [0.15, 0.2) is 12.1 Å². The second-order valence-corrected chi connectivity index (χ2v) is 3.01. The van der Waals surface area contributed by atoms with Gasteiger partial charge in [0, 0.05) is 23.2 Å². The molecule has 0 heterocycles. The molecule has 0 spiro atoms. The van der Waals surface area contributed by atoms with Crippen LogP contribution in [0.25, 0.3) is 0 Å². The lowest BCUT2D eigenvalue weighted by atomic mass is 10.1. The van der Waals surface area contributed by atoms with Gasteiger partial charge in [-0.15, -0.1) is 0 Å². The highest BCUT2D eigenvalue weighted by Gasteiger charge is 2.19. The number of nitro benzene ring substituents is 1. The molecule has 5 nitrogen and oxygen atoms in total. The van der Waals surface area contributed by atoms with Crippen molar-refractivity contribution in [2.45, 2.75) is 6.54 Å². The number of nitro groups is 1. The van der Waals surface area contributed by atoms with Gasteiger partial charge >= 0.3 is 5.69 Å². The molecule has 0 amide bonds. The average Bonchev–Trinajstić information content (AvgIpc) is 2.16. The maximum Gasteiger partial charge on any atom is 0.312 e. The Balaban J connectivity index is 3.39. The van der Waals surface area contributed by atoms with Crippen molar-refractivity contribution in [3.05, 3.63) is 32.8 Å². The molecule has 76 valence electrons. The summed E-state index contributed by atoms with van der Waals surface area (Å²) in [5.41, 5.74) is 5.76. The van der Waals surface area contributed by atoms with Crippen LogP contribution in [0, 0.1) is 10.1 Å². The Kier molecular flexibility index (Phi) is 3.27. The summed E-state index contributed by atoms with van der Waals surface area (Å²) in [5, 5.41) is 10.9. The van der Waals surface area contributed by atoms with Crippen molar-refractivity contribution in [3.8, 4) is 5.75 Å². The van der Waals surface area contributed by atoms with E-state index in [1.165, 1.54) is 13.2 Å². The average molecular weight is 217 g/mol. The van der Waals surface area contributed by atoms with Gasteiger partial charge in [0.2, 0.25) is 5.75 Å². The molecule has 0 unspecified atom stereocenters. The van der Waals surface area contributed by atoms with Crippen LogP contribution < -0.4 is 10.5 Å². The minimum Gasteiger partial charge on any atom is -0.490 e. The lowest BCUT2D eigenvalue weighted by Gasteiger charge is -2.07. The highest BCUT2D eigenvalue weighted by atomic mass is 35.5. The molecule has 0 aliphatic heterocycles. The molecule has 1 rings (SSSR count). The second-order valence-electron chi connectivity index (χ2n) is 2.58. The maximum absolute atomic E-state index is 10.6. The zero-order valence-electron chi connectivity index (χ0n) is 7.49. The first-order valence-corrected chi connectivity index (χ1v) is 4.18. The summed E-state index contributed by atoms with van der Waals surface area (Å²) >= 11 is 5.69. The number of rotatable bonds is 3. The van der Waals surface area contributed by atoms with E-state index in [1.807, 2.05) is 0 Å². The van der Waals surface area contributed by atoms with Crippen LogP contribution in [0.5, 0.6) is 5.75 Å². The molecule has 2 N–H and O–H groups in total. The van der Waals surface area contributed by atoms with Crippen LogP contribution in [-0.4, -0.2) is 12.0 Å². The molecule has 0 aromatic heterocycles. The number of nitrogens with two attached hydrogens (primary N) is 1. The van der Waals surface area contributed by atoms with Gasteiger partial charge in [0.15, 0.2) is 0 Å². The summed E-state index contributed by atoms with van der Waals surface area (Å²) < 4.78 is 4.90. The van der Waals surface area contributed by atoms with Crippen molar-refractivity contribution < 1.29 is 9.66 Å². The third-order valence-corrected chi connectivity index (χ3v) is 1.95. The zero-order chi connectivity index (χ0) is 10.7. The normalized spacial score (nSPS) is 9.93. The number of hydrogen-bond donors (Lipinski definition) is 1. The summed E-state index contributed by atoms with van der Waals surface area (Å²) in [4.78, 5) is 10.1. The van der Waals surface area contributed by atoms with Crippen LogP contribution in [0.2, 0.25) is 5.02 Å². The highest BCUT2D eigenvalue weighted by molar-refractivity contribution is 6.31. The first kappa shape index (κ1) is 10.7. The molecular formula is C8H9ClN2O3. The van der Waals surface area contributed by atoms with Crippen molar-refractivity contribution in [3.63, 3.8) is 0 Å². The van der Waals surface area contributed by atoms with Crippen LogP contribution >= 0.6 is 11.6 Å². The van der Waals surface area contributed by atoms with Crippen LogP contribution in [0.1, 0.15) is 5.56 Å². The van der Waals surface area contributed by atoms with Gasteiger partial charge < -0.3 is 10.5 Å². The molecule has 0 atom stereocenters. The molecule has 1 aromatic carbocycles. The van der Waals surface area contributed by atoms with Gasteiger partial charge in [-0.1, -0.05) is 11.6 Å². The fraction of sp³-hybridized carbons (Fsp3) is 0.250. The highest BCUT2D eigenvalue weighted by Crippen LogP contribution is 2.33. The summed E-state index contributed by atoms with van der Waals surface area (Å²) in [6.45, 7) is 0.143. The minimum atomic E-state index is -0.552. The van der Waals surface area contributed by atoms with Gasteiger partial charge in [-0.2, -0.15) is 0 Å². The van der Waals surface area contributed by atoms with E-state index in [4.69, 9.17) is 22.1 Å². The first-order valence-electron chi connectivity index (χ1n) is 3.81. The molecule has 1 aromatic rings. The summed E-state index contributed by atoms with van der Waals surface area (Å²) in [7, 11) is 1.36. The van der Waals surface area contributed by atoms with Gasteiger partial charge in [-0.25, -0.2) is 0 Å². The van der Waals surface area contributed by atoms with E-state index in [0.717, 1.165) is 0 Å². The van der Waals surface area contributed by atoms with Crippen molar-refractivity contribution in [1.29, 1.82) is 0 Å². The molecule has 0 fully saturated rings. The number of halogens is 1. The Hall–Kier alpha value is -1.33. The molecule has 0 aliphatic rings. The number of methoxy groups -OCH3 is 1. The molecule has 0 saturated carbocycles. The number of hydrogen-bond acceptors (Lipinski definition) is 4. The fourth-order valence-electron chi connectivity index (χ4n) is 1.16. The van der Waals surface area contributed by atoms with E-state index in [0.29, 0.717) is 5.56 Å². The Bertz CT molecular complexity index is 368. The van der Waals surface area contributed by atoms with Crippen molar-refractivity contribution in [1.82, 2.24) is 0 Å². The summed E-state index contributed by atoms with van der Waals surface area (Å²) in [6, 6.07) is 2.78. The molecular weight excluding hydrogens is 208 g/mol. The van der Waals surface area contributed by atoms with Crippen molar-refractivity contribution in [2.75, 3.05) is 7.11 Å². The maximum atomic E-state index is 10.6. The van der Waals surface area contributed by atoms with Crippen LogP contribution in [-0.2, 0) is 6.54 Å². The number of benzene rings is 1. The monoisotopic (exact) mass is 216 g/mol. The van der Waals surface area contributed by atoms with Gasteiger partial charge in [0.05, 0.1) is 12.0 Å². The van der Waals surface area contributed by atoms with Gasteiger partial charge in [0.1, 0.15) is 0 Å². The molecule has 0 bridgehead atoms. The predicted octanol–water partition coefficient (Wildman–Crippen LogP) is 1.72.